The molecule has 0 bridgehead atoms. The maximum atomic E-state index is 11.1. The van der Waals surface area contributed by atoms with Crippen molar-refractivity contribution in [3.8, 4) is 0 Å². The van der Waals surface area contributed by atoms with Gasteiger partial charge < -0.3 is 5.32 Å². The van der Waals surface area contributed by atoms with Crippen LogP contribution in [0.1, 0.15) is 13.3 Å². The van der Waals surface area contributed by atoms with Gasteiger partial charge in [-0.15, -0.1) is 0 Å². The Morgan fingerprint density at radius 1 is 1.69 bits per heavy atom. The molecule has 2 unspecified atom stereocenters. The first-order chi connectivity index (χ1) is 7.50. The van der Waals surface area contributed by atoms with Crippen LogP contribution in [0.3, 0.4) is 0 Å². The quantitative estimate of drug-likeness (QED) is 0.904. The summed E-state index contributed by atoms with van der Waals surface area (Å²) in [6.45, 7) is 2.72. The Bertz CT molecular complexity index is 389. The van der Waals surface area contributed by atoms with E-state index in [4.69, 9.17) is 11.6 Å². The SMILES string of the molecule is CC(CCNc1ncc(Cl)cc1Br)S(C)=O. The molecule has 90 valence electrons. The van der Waals surface area contributed by atoms with Crippen molar-refractivity contribution in [2.24, 2.45) is 0 Å². The van der Waals surface area contributed by atoms with E-state index in [0.29, 0.717) is 5.02 Å². The molecule has 0 saturated carbocycles. The van der Waals surface area contributed by atoms with E-state index in [0.717, 1.165) is 23.3 Å². The van der Waals surface area contributed by atoms with Crippen molar-refractivity contribution in [2.45, 2.75) is 18.6 Å². The lowest BCUT2D eigenvalue weighted by Crippen LogP contribution is -2.15. The van der Waals surface area contributed by atoms with Gasteiger partial charge in [-0.2, -0.15) is 0 Å². The van der Waals surface area contributed by atoms with E-state index in [-0.39, 0.29) is 5.25 Å². The van der Waals surface area contributed by atoms with E-state index in [2.05, 4.69) is 26.2 Å². The molecule has 0 amide bonds. The highest BCUT2D eigenvalue weighted by Crippen LogP contribution is 2.23. The molecule has 16 heavy (non-hydrogen) atoms. The molecular weight excluding hydrogens is 312 g/mol. The Morgan fingerprint density at radius 2 is 2.38 bits per heavy atom. The normalized spacial score (nSPS) is 14.5. The molecule has 1 N–H and O–H groups in total. The number of rotatable bonds is 5. The summed E-state index contributed by atoms with van der Waals surface area (Å²) in [6, 6.07) is 1.79. The number of aromatic nitrogens is 1. The highest BCUT2D eigenvalue weighted by atomic mass is 79.9. The maximum Gasteiger partial charge on any atom is 0.140 e. The number of nitrogens with one attached hydrogen (secondary N) is 1. The predicted molar refractivity (Wildman–Crippen MR) is 73.6 cm³/mol. The van der Waals surface area contributed by atoms with Crippen LogP contribution in [-0.4, -0.2) is 27.2 Å². The average Bonchev–Trinajstić information content (AvgIpc) is 2.20. The minimum atomic E-state index is -0.770. The number of nitrogens with zero attached hydrogens (tertiary/aromatic N) is 1. The lowest BCUT2D eigenvalue weighted by molar-refractivity contribution is 0.672. The Morgan fingerprint density at radius 3 is 2.94 bits per heavy atom. The summed E-state index contributed by atoms with van der Waals surface area (Å²) in [5.74, 6) is 0.762. The molecule has 1 rings (SSSR count). The van der Waals surface area contributed by atoms with E-state index in [1.165, 1.54) is 0 Å². The molecule has 6 heteroatoms. The summed E-state index contributed by atoms with van der Waals surface area (Å²) in [5.41, 5.74) is 0. The summed E-state index contributed by atoms with van der Waals surface area (Å²) >= 11 is 9.16. The van der Waals surface area contributed by atoms with Crippen LogP contribution < -0.4 is 5.32 Å². The lowest BCUT2D eigenvalue weighted by Gasteiger charge is -2.10. The van der Waals surface area contributed by atoms with Crippen molar-refractivity contribution in [1.29, 1.82) is 0 Å². The molecule has 0 radical (unpaired) electrons. The molecule has 0 aliphatic rings. The van der Waals surface area contributed by atoms with E-state index < -0.39 is 10.8 Å². The molecule has 0 fully saturated rings. The smallest absolute Gasteiger partial charge is 0.140 e. The van der Waals surface area contributed by atoms with Gasteiger partial charge in [-0.05, 0) is 28.4 Å². The lowest BCUT2D eigenvalue weighted by atomic mass is 10.3. The minimum Gasteiger partial charge on any atom is -0.369 e. The molecule has 3 nitrogen and oxygen atoms in total. The summed E-state index contributed by atoms with van der Waals surface area (Å²) in [4.78, 5) is 4.15. The molecule has 2 atom stereocenters. The largest absolute Gasteiger partial charge is 0.369 e. The average molecular weight is 326 g/mol. The van der Waals surface area contributed by atoms with Gasteiger partial charge in [0, 0.05) is 35.0 Å². The highest BCUT2D eigenvalue weighted by molar-refractivity contribution is 9.10. The molecule has 1 heterocycles. The molecule has 1 aromatic heterocycles. The summed E-state index contributed by atoms with van der Waals surface area (Å²) in [6.07, 6.45) is 4.16. The second kappa shape index (κ2) is 6.57. The fraction of sp³-hybridized carbons (Fsp3) is 0.500. The second-order valence-electron chi connectivity index (χ2n) is 3.51. The van der Waals surface area contributed by atoms with Crippen molar-refractivity contribution >= 4 is 44.1 Å². The molecule has 1 aromatic rings. The van der Waals surface area contributed by atoms with Gasteiger partial charge in [0.05, 0.1) is 9.50 Å². The van der Waals surface area contributed by atoms with Gasteiger partial charge in [-0.3, -0.25) is 4.21 Å². The third-order valence-corrected chi connectivity index (χ3v) is 4.40. The maximum absolute atomic E-state index is 11.1. The monoisotopic (exact) mass is 324 g/mol. The Kier molecular flexibility index (Phi) is 5.72. The highest BCUT2D eigenvalue weighted by Gasteiger charge is 2.06. The molecule has 0 saturated heterocycles. The van der Waals surface area contributed by atoms with E-state index in [1.54, 1.807) is 18.5 Å². The Hall–Kier alpha value is -0.130. The summed E-state index contributed by atoms with van der Waals surface area (Å²) in [5, 5.41) is 3.97. The first kappa shape index (κ1) is 13.9. The van der Waals surface area contributed by atoms with Crippen LogP contribution in [0.2, 0.25) is 5.02 Å². The fourth-order valence-corrected chi connectivity index (χ4v) is 2.33. The van der Waals surface area contributed by atoms with Crippen molar-refractivity contribution in [3.63, 3.8) is 0 Å². The first-order valence-electron chi connectivity index (χ1n) is 4.88. The number of pyridine rings is 1. The molecular formula is C10H14BrClN2OS. The number of halogens is 2. The number of hydrogen-bond donors (Lipinski definition) is 1. The van der Waals surface area contributed by atoms with Crippen molar-refractivity contribution in [3.05, 3.63) is 21.8 Å². The Labute approximate surface area is 112 Å². The standard InChI is InChI=1S/C10H14BrClN2OS/c1-7(16(2)15)3-4-13-10-9(11)5-8(12)6-14-10/h5-7H,3-4H2,1-2H3,(H,13,14). The summed E-state index contributed by atoms with van der Waals surface area (Å²) < 4.78 is 12.0. The first-order valence-corrected chi connectivity index (χ1v) is 7.67. The van der Waals surface area contributed by atoms with Crippen molar-refractivity contribution < 1.29 is 4.21 Å². The zero-order chi connectivity index (χ0) is 12.1. The van der Waals surface area contributed by atoms with Gasteiger partial charge >= 0.3 is 0 Å². The van der Waals surface area contributed by atoms with Crippen LogP contribution >= 0.6 is 27.5 Å². The molecule has 0 aromatic carbocycles. The molecule has 0 aliphatic heterocycles. The van der Waals surface area contributed by atoms with Crippen LogP contribution in [0.5, 0.6) is 0 Å². The van der Waals surface area contributed by atoms with Gasteiger partial charge in [0.1, 0.15) is 5.82 Å². The fourth-order valence-electron chi connectivity index (χ4n) is 1.10. The van der Waals surface area contributed by atoms with Crippen LogP contribution in [0, 0.1) is 0 Å². The van der Waals surface area contributed by atoms with E-state index >= 15 is 0 Å². The second-order valence-corrected chi connectivity index (χ2v) is 6.60. The summed E-state index contributed by atoms with van der Waals surface area (Å²) in [7, 11) is -0.770. The van der Waals surface area contributed by atoms with Crippen LogP contribution in [0.15, 0.2) is 16.7 Å². The van der Waals surface area contributed by atoms with Gasteiger partial charge in [-0.25, -0.2) is 4.98 Å². The third kappa shape index (κ3) is 4.39. The minimum absolute atomic E-state index is 0.193. The Balaban J connectivity index is 2.46. The number of anilines is 1. The zero-order valence-corrected chi connectivity index (χ0v) is 12.3. The predicted octanol–water partition coefficient (Wildman–Crippen LogP) is 3.07. The molecule has 0 aliphatic carbocycles. The third-order valence-electron chi connectivity index (χ3n) is 2.22. The van der Waals surface area contributed by atoms with Crippen LogP contribution in [-0.2, 0) is 10.8 Å². The van der Waals surface area contributed by atoms with Gasteiger partial charge in [0.15, 0.2) is 0 Å². The van der Waals surface area contributed by atoms with E-state index in [9.17, 15) is 4.21 Å². The van der Waals surface area contributed by atoms with Crippen molar-refractivity contribution in [1.82, 2.24) is 4.98 Å². The van der Waals surface area contributed by atoms with Gasteiger partial charge in [0.2, 0.25) is 0 Å². The van der Waals surface area contributed by atoms with Crippen molar-refractivity contribution in [2.75, 3.05) is 18.1 Å². The van der Waals surface area contributed by atoms with Gasteiger partial charge in [-0.1, -0.05) is 18.5 Å². The van der Waals surface area contributed by atoms with Crippen LogP contribution in [0.4, 0.5) is 5.82 Å². The topological polar surface area (TPSA) is 42.0 Å². The number of hydrogen-bond acceptors (Lipinski definition) is 3. The zero-order valence-electron chi connectivity index (χ0n) is 9.17. The van der Waals surface area contributed by atoms with E-state index in [1.807, 2.05) is 6.92 Å². The van der Waals surface area contributed by atoms with Gasteiger partial charge in [0.25, 0.3) is 0 Å². The molecule has 0 spiro atoms. The van der Waals surface area contributed by atoms with Crippen LogP contribution in [0.25, 0.3) is 0 Å².